The fourth-order valence-electron chi connectivity index (χ4n) is 3.21. The summed E-state index contributed by atoms with van der Waals surface area (Å²) in [6.07, 6.45) is 0. The van der Waals surface area contributed by atoms with Crippen molar-refractivity contribution >= 4 is 23.6 Å². The zero-order valence-corrected chi connectivity index (χ0v) is 14.2. The average Bonchev–Trinajstić information content (AvgIpc) is 2.88. The monoisotopic (exact) mass is 318 g/mol. The van der Waals surface area contributed by atoms with Crippen LogP contribution in [0, 0.1) is 5.92 Å². The Labute approximate surface area is 135 Å². The summed E-state index contributed by atoms with van der Waals surface area (Å²) in [5.41, 5.74) is 1.77. The molecule has 1 N–H and O–H groups in total. The lowest BCUT2D eigenvalue weighted by atomic mass is 10.0. The molecule has 2 aliphatic heterocycles. The lowest BCUT2D eigenvalue weighted by Gasteiger charge is -2.29. The predicted octanol–water partition coefficient (Wildman–Crippen LogP) is 2.81. The molecule has 2 atom stereocenters. The van der Waals surface area contributed by atoms with Crippen LogP contribution in [-0.4, -0.2) is 34.0 Å². The Morgan fingerprint density at radius 1 is 1.36 bits per heavy atom. The van der Waals surface area contributed by atoms with Gasteiger partial charge in [-0.3, -0.25) is 9.59 Å². The third-order valence-corrected chi connectivity index (χ3v) is 5.76. The van der Waals surface area contributed by atoms with Crippen LogP contribution in [0.1, 0.15) is 49.0 Å². The van der Waals surface area contributed by atoms with Crippen molar-refractivity contribution in [3.8, 4) is 0 Å². The van der Waals surface area contributed by atoms with Crippen molar-refractivity contribution in [2.24, 2.45) is 5.92 Å². The molecule has 0 saturated carbocycles. The molecule has 0 spiro atoms. The topological polar surface area (TPSA) is 49.4 Å². The highest BCUT2D eigenvalue weighted by Gasteiger charge is 2.57. The van der Waals surface area contributed by atoms with Crippen LogP contribution < -0.4 is 5.32 Å². The minimum Gasteiger partial charge on any atom is -0.354 e. The van der Waals surface area contributed by atoms with Gasteiger partial charge in [0.2, 0.25) is 5.91 Å². The van der Waals surface area contributed by atoms with E-state index in [9.17, 15) is 9.59 Å². The molecule has 4 nitrogen and oxygen atoms in total. The second kappa shape index (κ2) is 5.30. The smallest absolute Gasteiger partial charge is 0.256 e. The summed E-state index contributed by atoms with van der Waals surface area (Å²) in [6, 6.07) is 7.25. The molecule has 2 heterocycles. The molecule has 0 radical (unpaired) electrons. The van der Waals surface area contributed by atoms with Crippen molar-refractivity contribution in [2.75, 3.05) is 6.54 Å². The van der Waals surface area contributed by atoms with E-state index in [2.05, 4.69) is 19.2 Å². The molecule has 1 aromatic carbocycles. The normalized spacial score (nSPS) is 25.3. The van der Waals surface area contributed by atoms with Crippen LogP contribution in [0.5, 0.6) is 0 Å². The van der Waals surface area contributed by atoms with Crippen LogP contribution in [0.3, 0.4) is 0 Å². The minimum absolute atomic E-state index is 0.0247. The highest BCUT2D eigenvalue weighted by molar-refractivity contribution is 8.01. The van der Waals surface area contributed by atoms with Gasteiger partial charge in [0.25, 0.3) is 5.91 Å². The number of nitrogens with zero attached hydrogens (tertiary/aromatic N) is 1. The summed E-state index contributed by atoms with van der Waals surface area (Å²) in [5.74, 6) is 0.321. The molecule has 0 bridgehead atoms. The fraction of sp³-hybridized carbons (Fsp3) is 0.529. The summed E-state index contributed by atoms with van der Waals surface area (Å²) >= 11 is 1.70. The molecule has 0 unspecified atom stereocenters. The maximum atomic E-state index is 12.8. The van der Waals surface area contributed by atoms with Crippen LogP contribution in [-0.2, 0) is 4.79 Å². The number of carbonyl (C=O) groups excluding carboxylic acids is 2. The van der Waals surface area contributed by atoms with Gasteiger partial charge in [-0.2, -0.15) is 0 Å². The largest absolute Gasteiger partial charge is 0.354 e. The number of amides is 2. The second-order valence-electron chi connectivity index (χ2n) is 6.91. The lowest BCUT2D eigenvalue weighted by Crippen LogP contribution is -2.52. The molecule has 118 valence electrons. The average molecular weight is 318 g/mol. The number of benzene rings is 1. The van der Waals surface area contributed by atoms with Crippen molar-refractivity contribution in [1.82, 2.24) is 10.2 Å². The van der Waals surface area contributed by atoms with Crippen LogP contribution in [0.2, 0.25) is 0 Å². The fourth-order valence-corrected chi connectivity index (χ4v) is 4.79. The first-order chi connectivity index (χ1) is 10.3. The summed E-state index contributed by atoms with van der Waals surface area (Å²) in [4.78, 5) is 27.2. The van der Waals surface area contributed by atoms with Crippen molar-refractivity contribution in [3.63, 3.8) is 0 Å². The van der Waals surface area contributed by atoms with Gasteiger partial charge >= 0.3 is 0 Å². The molecule has 2 amide bonds. The van der Waals surface area contributed by atoms with Gasteiger partial charge in [0, 0.05) is 16.9 Å². The van der Waals surface area contributed by atoms with Crippen molar-refractivity contribution < 1.29 is 9.59 Å². The number of carbonyl (C=O) groups is 2. The maximum absolute atomic E-state index is 12.8. The van der Waals surface area contributed by atoms with Crippen molar-refractivity contribution in [1.29, 1.82) is 0 Å². The van der Waals surface area contributed by atoms with Crippen LogP contribution in [0.25, 0.3) is 0 Å². The predicted molar refractivity (Wildman–Crippen MR) is 88.7 cm³/mol. The number of thioether (sulfide) groups is 1. The van der Waals surface area contributed by atoms with Gasteiger partial charge in [0.15, 0.2) is 0 Å². The summed E-state index contributed by atoms with van der Waals surface area (Å²) in [6.45, 7) is 8.86. The molecule has 22 heavy (non-hydrogen) atoms. The van der Waals surface area contributed by atoms with Crippen molar-refractivity contribution in [2.45, 2.75) is 43.9 Å². The minimum atomic E-state index is -0.429. The van der Waals surface area contributed by atoms with Crippen molar-refractivity contribution in [3.05, 3.63) is 35.4 Å². The third-order valence-electron chi connectivity index (χ3n) is 4.23. The first kappa shape index (κ1) is 15.4. The molecule has 1 saturated heterocycles. The van der Waals surface area contributed by atoms with E-state index in [1.165, 1.54) is 0 Å². The van der Waals surface area contributed by atoms with E-state index in [1.807, 2.05) is 38.1 Å². The third kappa shape index (κ3) is 2.32. The van der Waals surface area contributed by atoms with Crippen LogP contribution in [0.4, 0.5) is 0 Å². The van der Waals surface area contributed by atoms with E-state index in [1.54, 1.807) is 16.7 Å². The zero-order valence-electron chi connectivity index (χ0n) is 13.4. The Morgan fingerprint density at radius 2 is 2.05 bits per heavy atom. The summed E-state index contributed by atoms with van der Waals surface area (Å²) in [7, 11) is 0. The SMILES string of the molecule is CC(C)CNC(=O)[C@H]1N2C(=O)c3ccccc3[C@H]2SC1(C)C. The number of hydrogen-bond acceptors (Lipinski definition) is 3. The lowest BCUT2D eigenvalue weighted by molar-refractivity contribution is -0.126. The molecule has 0 aliphatic carbocycles. The summed E-state index contributed by atoms with van der Waals surface area (Å²) < 4.78 is -0.297. The highest BCUT2D eigenvalue weighted by atomic mass is 32.2. The van der Waals surface area contributed by atoms with Gasteiger partial charge in [-0.05, 0) is 31.4 Å². The highest BCUT2D eigenvalue weighted by Crippen LogP contribution is 2.56. The molecule has 0 aromatic heterocycles. The molecule has 1 fully saturated rings. The Morgan fingerprint density at radius 3 is 2.73 bits per heavy atom. The van der Waals surface area contributed by atoms with Crippen LogP contribution >= 0.6 is 11.8 Å². The Balaban J connectivity index is 1.92. The number of rotatable bonds is 3. The Bertz CT molecular complexity index is 627. The Kier molecular flexibility index (Phi) is 3.71. The second-order valence-corrected chi connectivity index (χ2v) is 8.65. The molecule has 3 rings (SSSR count). The summed E-state index contributed by atoms with van der Waals surface area (Å²) in [5, 5.41) is 2.95. The van der Waals surface area contributed by atoms with Gasteiger partial charge in [0.1, 0.15) is 11.4 Å². The van der Waals surface area contributed by atoms with Gasteiger partial charge in [-0.1, -0.05) is 32.0 Å². The molecule has 2 aliphatic rings. The molecule has 1 aromatic rings. The molecule has 5 heteroatoms. The first-order valence-corrected chi connectivity index (χ1v) is 8.58. The Hall–Kier alpha value is -1.49. The van der Waals surface area contributed by atoms with E-state index in [0.717, 1.165) is 11.1 Å². The zero-order chi connectivity index (χ0) is 16.1. The molecular formula is C17H22N2O2S. The van der Waals surface area contributed by atoms with Crippen LogP contribution in [0.15, 0.2) is 24.3 Å². The quantitative estimate of drug-likeness (QED) is 0.932. The number of fused-ring (bicyclic) bond motifs is 3. The van der Waals surface area contributed by atoms with Gasteiger partial charge in [-0.15, -0.1) is 11.8 Å². The van der Waals surface area contributed by atoms with E-state index in [4.69, 9.17) is 0 Å². The van der Waals surface area contributed by atoms with E-state index in [0.29, 0.717) is 12.5 Å². The van der Waals surface area contributed by atoms with Gasteiger partial charge < -0.3 is 10.2 Å². The molecular weight excluding hydrogens is 296 g/mol. The maximum Gasteiger partial charge on any atom is 0.256 e. The first-order valence-electron chi connectivity index (χ1n) is 7.70. The standard InChI is InChI=1S/C17H22N2O2S/c1-10(2)9-18-14(20)13-17(3,4)22-16-12-8-6-5-7-11(12)15(21)19(13)16/h5-8,10,13,16H,9H2,1-4H3,(H,18,20)/t13-,16-/m1/s1. The number of nitrogens with one attached hydrogen (secondary N) is 1. The van der Waals surface area contributed by atoms with Gasteiger partial charge in [0.05, 0.1) is 0 Å². The number of hydrogen-bond donors (Lipinski definition) is 1. The van der Waals surface area contributed by atoms with Gasteiger partial charge in [-0.25, -0.2) is 0 Å². The van der Waals surface area contributed by atoms with E-state index >= 15 is 0 Å². The van der Waals surface area contributed by atoms with E-state index < -0.39 is 6.04 Å². The van der Waals surface area contributed by atoms with E-state index in [-0.39, 0.29) is 21.9 Å².